The van der Waals surface area contributed by atoms with Crippen LogP contribution >= 0.6 is 0 Å². The van der Waals surface area contributed by atoms with Crippen molar-refractivity contribution in [3.05, 3.63) is 0 Å². The molecule has 3 heteroatoms. The zero-order valence-electron chi connectivity index (χ0n) is 9.22. The van der Waals surface area contributed by atoms with Crippen molar-refractivity contribution in [2.45, 2.75) is 44.8 Å². The van der Waals surface area contributed by atoms with Gasteiger partial charge in [-0.25, -0.2) is 0 Å². The monoisotopic (exact) mass is 201 g/mol. The molecule has 0 amide bonds. The summed E-state index contributed by atoms with van der Waals surface area (Å²) in [5.74, 6) is 0.876. The van der Waals surface area contributed by atoms with E-state index in [1.54, 1.807) is 0 Å². The summed E-state index contributed by atoms with van der Waals surface area (Å²) in [6.45, 7) is 7.23. The van der Waals surface area contributed by atoms with E-state index in [1.807, 2.05) is 0 Å². The van der Waals surface area contributed by atoms with Gasteiger partial charge >= 0.3 is 0 Å². The molecule has 0 aromatic carbocycles. The molecule has 1 heterocycles. The molecule has 12 heavy (non-hydrogen) atoms. The van der Waals surface area contributed by atoms with E-state index in [0.717, 1.165) is 11.6 Å². The van der Waals surface area contributed by atoms with Crippen LogP contribution in [-0.2, 0) is 0 Å². The van der Waals surface area contributed by atoms with Crippen LogP contribution in [0.1, 0.15) is 33.6 Å². The van der Waals surface area contributed by atoms with Gasteiger partial charge in [0.2, 0.25) is 0 Å². The highest BCUT2D eigenvalue weighted by atomic mass is 29.1. The predicted octanol–water partition coefficient (Wildman–Crippen LogP) is -0.0980. The van der Waals surface area contributed by atoms with Gasteiger partial charge in [-0.2, -0.15) is 0 Å². The summed E-state index contributed by atoms with van der Waals surface area (Å²) in [6.07, 6.45) is 2.94. The van der Waals surface area contributed by atoms with Gasteiger partial charge in [0.15, 0.2) is 0 Å². The SMILES string of the molecule is CC1CCC([SiH2][SiH3])N(C)C1(C)C. The van der Waals surface area contributed by atoms with Gasteiger partial charge in [-0.3, -0.25) is 0 Å². The fourth-order valence-electron chi connectivity index (χ4n) is 2.29. The van der Waals surface area contributed by atoms with Crippen molar-refractivity contribution in [3.8, 4) is 0 Å². The Bertz CT molecular complexity index is 159. The molecule has 0 radical (unpaired) electrons. The lowest BCUT2D eigenvalue weighted by atomic mass is 9.81. The Labute approximate surface area is 81.9 Å². The van der Waals surface area contributed by atoms with Crippen LogP contribution in [0, 0.1) is 5.92 Å². The average molecular weight is 201 g/mol. The van der Waals surface area contributed by atoms with Crippen molar-refractivity contribution in [1.29, 1.82) is 0 Å². The Morgan fingerprint density at radius 1 is 1.42 bits per heavy atom. The van der Waals surface area contributed by atoms with E-state index in [9.17, 15) is 0 Å². The number of rotatable bonds is 1. The third kappa shape index (κ3) is 1.68. The summed E-state index contributed by atoms with van der Waals surface area (Å²) >= 11 is 0. The largest absolute Gasteiger partial charge is 0.302 e. The molecule has 1 fully saturated rings. The normalized spacial score (nSPS) is 38.0. The van der Waals surface area contributed by atoms with Gasteiger partial charge < -0.3 is 4.90 Å². The van der Waals surface area contributed by atoms with E-state index < -0.39 is 0 Å². The maximum atomic E-state index is 2.67. The third-order valence-corrected chi connectivity index (χ3v) is 8.79. The molecule has 1 rings (SSSR count). The molecule has 0 aromatic rings. The quantitative estimate of drug-likeness (QED) is 0.536. The van der Waals surface area contributed by atoms with Crippen molar-refractivity contribution in [2.75, 3.05) is 7.05 Å². The van der Waals surface area contributed by atoms with Crippen LogP contribution in [0.2, 0.25) is 0 Å². The maximum absolute atomic E-state index is 2.67. The van der Waals surface area contributed by atoms with Gasteiger partial charge in [-0.05, 0) is 55.1 Å². The molecule has 2 unspecified atom stereocenters. The zero-order chi connectivity index (χ0) is 9.35. The van der Waals surface area contributed by atoms with Gasteiger partial charge in [0.1, 0.15) is 0 Å². The van der Waals surface area contributed by atoms with Gasteiger partial charge in [0.25, 0.3) is 0 Å². The molecule has 0 bridgehead atoms. The highest BCUT2D eigenvalue weighted by Gasteiger charge is 2.37. The Morgan fingerprint density at radius 2 is 2.00 bits per heavy atom. The summed E-state index contributed by atoms with van der Waals surface area (Å²) < 4.78 is 0. The zero-order valence-corrected chi connectivity index (χ0v) is 12.6. The van der Waals surface area contributed by atoms with Crippen LogP contribution in [0.5, 0.6) is 0 Å². The minimum absolute atomic E-state index is 0.294. The molecule has 72 valence electrons. The lowest BCUT2D eigenvalue weighted by Gasteiger charge is -2.49. The molecular weight excluding hydrogens is 178 g/mol. The van der Waals surface area contributed by atoms with Crippen molar-refractivity contribution < 1.29 is 0 Å². The second-order valence-electron chi connectivity index (χ2n) is 4.81. The first-order valence-corrected chi connectivity index (χ1v) is 11.7. The standard InChI is InChI=1S/C9H23NSi2/c1-7-5-6-8(12-11)10(4)9(7,2)3/h7-8H,5-6,12H2,1-4,11H3. The van der Waals surface area contributed by atoms with Crippen LogP contribution in [0.25, 0.3) is 0 Å². The smallest absolute Gasteiger partial charge is 0.0252 e. The van der Waals surface area contributed by atoms with Crippen LogP contribution in [0.3, 0.4) is 0 Å². The van der Waals surface area contributed by atoms with Gasteiger partial charge in [0, 0.05) is 14.6 Å². The fourth-order valence-corrected chi connectivity index (χ4v) is 6.82. The maximum Gasteiger partial charge on any atom is 0.0252 e. The summed E-state index contributed by atoms with van der Waals surface area (Å²) in [5, 5.41) is 0. The van der Waals surface area contributed by atoms with Crippen LogP contribution in [0.4, 0.5) is 0 Å². The van der Waals surface area contributed by atoms with E-state index in [-0.39, 0.29) is 0 Å². The first-order chi connectivity index (χ1) is 5.50. The molecule has 2 atom stereocenters. The molecule has 0 saturated carbocycles. The van der Waals surface area contributed by atoms with Crippen LogP contribution in [0.15, 0.2) is 0 Å². The van der Waals surface area contributed by atoms with E-state index >= 15 is 0 Å². The number of piperidine rings is 1. The highest BCUT2D eigenvalue weighted by Crippen LogP contribution is 2.34. The van der Waals surface area contributed by atoms with Crippen molar-refractivity contribution in [1.82, 2.24) is 4.90 Å². The van der Waals surface area contributed by atoms with Crippen molar-refractivity contribution >= 4 is 18.8 Å². The van der Waals surface area contributed by atoms with Crippen molar-refractivity contribution in [2.24, 2.45) is 5.92 Å². The minimum atomic E-state index is 0.294. The van der Waals surface area contributed by atoms with E-state index in [2.05, 4.69) is 32.7 Å². The Balaban J connectivity index is 2.71. The molecule has 0 spiro atoms. The Kier molecular flexibility index (Phi) is 3.18. The molecule has 0 aliphatic carbocycles. The number of hydrogen-bond acceptors (Lipinski definition) is 1. The topological polar surface area (TPSA) is 3.24 Å². The van der Waals surface area contributed by atoms with E-state index in [1.165, 1.54) is 22.6 Å². The summed E-state index contributed by atoms with van der Waals surface area (Å²) in [7, 11) is 4.12. The molecule has 1 saturated heterocycles. The Hall–Kier alpha value is 0.394. The average Bonchev–Trinajstić information content (AvgIpc) is 2.02. The summed E-state index contributed by atoms with van der Waals surface area (Å²) in [6, 6.07) is 0. The van der Waals surface area contributed by atoms with Gasteiger partial charge in [-0.1, -0.05) is 6.92 Å². The molecule has 0 N–H and O–H groups in total. The van der Waals surface area contributed by atoms with Crippen LogP contribution < -0.4 is 0 Å². The van der Waals surface area contributed by atoms with Gasteiger partial charge in [-0.15, -0.1) is 0 Å². The number of likely N-dealkylation sites (tertiary alicyclic amines) is 1. The van der Waals surface area contributed by atoms with Crippen LogP contribution in [-0.4, -0.2) is 41.9 Å². The predicted molar refractivity (Wildman–Crippen MR) is 62.5 cm³/mol. The van der Waals surface area contributed by atoms with E-state index in [4.69, 9.17) is 0 Å². The summed E-state index contributed by atoms with van der Waals surface area (Å²) in [4.78, 5) is 2.67. The fraction of sp³-hybridized carbons (Fsp3) is 1.00. The molecular formula is C9H23NSi2. The highest BCUT2D eigenvalue weighted by molar-refractivity contribution is 6.90. The number of nitrogens with zero attached hydrogens (tertiary/aromatic N) is 1. The third-order valence-electron chi connectivity index (χ3n) is 4.07. The Morgan fingerprint density at radius 3 is 2.50 bits per heavy atom. The lowest BCUT2D eigenvalue weighted by Crippen LogP contribution is -2.57. The molecule has 1 aliphatic rings. The molecule has 0 aromatic heterocycles. The lowest BCUT2D eigenvalue weighted by molar-refractivity contribution is 0.0374. The molecule has 1 nitrogen and oxygen atoms in total. The first-order valence-electron chi connectivity index (χ1n) is 5.23. The second-order valence-corrected chi connectivity index (χ2v) is 9.01. The summed E-state index contributed by atoms with van der Waals surface area (Å²) in [5.41, 5.74) is 1.48. The van der Waals surface area contributed by atoms with E-state index in [0.29, 0.717) is 14.6 Å². The number of hydrogen-bond donors (Lipinski definition) is 0. The van der Waals surface area contributed by atoms with Crippen molar-refractivity contribution in [3.63, 3.8) is 0 Å². The van der Waals surface area contributed by atoms with Gasteiger partial charge in [0.05, 0.1) is 0 Å². The first kappa shape index (κ1) is 10.5. The molecule has 1 aliphatic heterocycles. The minimum Gasteiger partial charge on any atom is -0.302 e. The second kappa shape index (κ2) is 3.64.